The van der Waals surface area contributed by atoms with Crippen LogP contribution in [0.25, 0.3) is 33.6 Å². The summed E-state index contributed by atoms with van der Waals surface area (Å²) >= 11 is 0. The molecule has 0 N–H and O–H groups in total. The minimum atomic E-state index is 0. The van der Waals surface area contributed by atoms with Crippen molar-refractivity contribution in [2.24, 2.45) is 0 Å². The third-order valence-corrected chi connectivity index (χ3v) is 6.70. The minimum Gasteiger partial charge on any atom is -0.305 e. The molecule has 4 aromatic carbocycles. The molecule has 6 aromatic rings. The molecule has 6 rings (SSSR count). The van der Waals surface area contributed by atoms with E-state index in [9.17, 15) is 0 Å². The molecule has 0 unspecified atom stereocenters. The first-order valence-electron chi connectivity index (χ1n) is 13.6. The Kier molecular flexibility index (Phi) is 10.9. The van der Waals surface area contributed by atoms with Crippen molar-refractivity contribution in [1.29, 1.82) is 0 Å². The fourth-order valence-electron chi connectivity index (χ4n) is 4.46. The Morgan fingerprint density at radius 1 is 0.585 bits per heavy atom. The van der Waals surface area contributed by atoms with Gasteiger partial charge in [0.1, 0.15) is 0 Å². The number of benzene rings is 4. The minimum absolute atomic E-state index is 0. The number of aromatic nitrogens is 2. The summed E-state index contributed by atoms with van der Waals surface area (Å²) in [6.07, 6.45) is 4.63. The standard InChI is InChI=1S/C20H18N.C18H14N.Ir/c1-15(2)17-11-12-21-20(14-17)19-10-6-9-18(13-19)16-7-4-3-5-8-16;1-2-6-15(7-3-1)14-16-9-11-17(12-10-16)18-8-4-5-13-19-18;/h3-9,11-15H,1-2H3;1-11,13H,14H2;/q2*-1;. The van der Waals surface area contributed by atoms with E-state index in [0.717, 1.165) is 28.9 Å². The summed E-state index contributed by atoms with van der Waals surface area (Å²) in [7, 11) is 0. The summed E-state index contributed by atoms with van der Waals surface area (Å²) in [6.45, 7) is 4.40. The van der Waals surface area contributed by atoms with Crippen LogP contribution < -0.4 is 0 Å². The van der Waals surface area contributed by atoms with E-state index in [-0.39, 0.29) is 20.1 Å². The quantitative estimate of drug-likeness (QED) is 0.161. The van der Waals surface area contributed by atoms with Crippen LogP contribution in [0.4, 0.5) is 0 Å². The van der Waals surface area contributed by atoms with Crippen LogP contribution in [0, 0.1) is 12.1 Å². The van der Waals surface area contributed by atoms with Gasteiger partial charge in [0, 0.05) is 32.5 Å². The third kappa shape index (κ3) is 8.41. The van der Waals surface area contributed by atoms with E-state index in [1.54, 1.807) is 6.20 Å². The second-order valence-corrected chi connectivity index (χ2v) is 9.97. The molecule has 0 amide bonds. The third-order valence-electron chi connectivity index (χ3n) is 6.70. The first kappa shape index (κ1) is 29.8. The summed E-state index contributed by atoms with van der Waals surface area (Å²) in [5.74, 6) is 0.504. The molecule has 41 heavy (non-hydrogen) atoms. The van der Waals surface area contributed by atoms with E-state index < -0.39 is 0 Å². The molecule has 0 aliphatic heterocycles. The van der Waals surface area contributed by atoms with Gasteiger partial charge in [-0.1, -0.05) is 104 Å². The van der Waals surface area contributed by atoms with Gasteiger partial charge < -0.3 is 9.97 Å². The Morgan fingerprint density at radius 3 is 2.00 bits per heavy atom. The molecule has 0 saturated heterocycles. The zero-order valence-electron chi connectivity index (χ0n) is 23.3. The van der Waals surface area contributed by atoms with Gasteiger partial charge in [0.2, 0.25) is 0 Å². The van der Waals surface area contributed by atoms with Crippen LogP contribution in [0.5, 0.6) is 0 Å². The molecule has 205 valence electrons. The molecular formula is C38H32IrN2-2. The second kappa shape index (κ2) is 15.0. The Balaban J connectivity index is 0.000000185. The van der Waals surface area contributed by atoms with Gasteiger partial charge in [0.05, 0.1) is 0 Å². The van der Waals surface area contributed by atoms with Gasteiger partial charge in [0.15, 0.2) is 0 Å². The largest absolute Gasteiger partial charge is 0.305 e. The van der Waals surface area contributed by atoms with Crippen LogP contribution >= 0.6 is 0 Å². The molecule has 2 nitrogen and oxygen atoms in total. The van der Waals surface area contributed by atoms with Crippen molar-refractivity contribution in [3.8, 4) is 33.6 Å². The van der Waals surface area contributed by atoms with Gasteiger partial charge in [-0.15, -0.1) is 70.8 Å². The normalized spacial score (nSPS) is 10.3. The van der Waals surface area contributed by atoms with E-state index in [4.69, 9.17) is 0 Å². The zero-order chi connectivity index (χ0) is 27.6. The maximum atomic E-state index is 4.50. The molecule has 0 fully saturated rings. The second-order valence-electron chi connectivity index (χ2n) is 9.97. The van der Waals surface area contributed by atoms with E-state index in [2.05, 4.69) is 127 Å². The summed E-state index contributed by atoms with van der Waals surface area (Å²) < 4.78 is 0. The molecule has 0 bridgehead atoms. The van der Waals surface area contributed by atoms with Crippen LogP contribution in [-0.2, 0) is 26.5 Å². The molecule has 2 heterocycles. The summed E-state index contributed by atoms with van der Waals surface area (Å²) in [4.78, 5) is 8.83. The van der Waals surface area contributed by atoms with Gasteiger partial charge in [0.25, 0.3) is 0 Å². The van der Waals surface area contributed by atoms with E-state index in [1.807, 2.05) is 42.6 Å². The van der Waals surface area contributed by atoms with Crippen LogP contribution in [0.3, 0.4) is 0 Å². The molecule has 0 saturated carbocycles. The van der Waals surface area contributed by atoms with Crippen molar-refractivity contribution in [1.82, 2.24) is 9.97 Å². The number of hydrogen-bond acceptors (Lipinski definition) is 2. The van der Waals surface area contributed by atoms with Gasteiger partial charge in [-0.25, -0.2) is 0 Å². The summed E-state index contributed by atoms with van der Waals surface area (Å²) in [5.41, 5.74) is 10.3. The topological polar surface area (TPSA) is 25.8 Å². The van der Waals surface area contributed by atoms with Gasteiger partial charge >= 0.3 is 0 Å². The number of hydrogen-bond donors (Lipinski definition) is 0. The fourth-order valence-corrected chi connectivity index (χ4v) is 4.46. The van der Waals surface area contributed by atoms with Crippen LogP contribution in [0.15, 0.2) is 140 Å². The Hall–Kier alpha value is -4.17. The molecule has 0 aliphatic carbocycles. The van der Waals surface area contributed by atoms with Crippen LogP contribution in [-0.4, -0.2) is 9.97 Å². The van der Waals surface area contributed by atoms with Crippen molar-refractivity contribution in [3.05, 3.63) is 169 Å². The molecular weight excluding hydrogens is 677 g/mol. The van der Waals surface area contributed by atoms with E-state index >= 15 is 0 Å². The van der Waals surface area contributed by atoms with Crippen molar-refractivity contribution >= 4 is 0 Å². The zero-order valence-corrected chi connectivity index (χ0v) is 25.7. The van der Waals surface area contributed by atoms with E-state index in [0.29, 0.717) is 5.92 Å². The van der Waals surface area contributed by atoms with Gasteiger partial charge in [-0.05, 0) is 41.4 Å². The fraction of sp³-hybridized carbons (Fsp3) is 0.105. The van der Waals surface area contributed by atoms with Crippen LogP contribution in [0.2, 0.25) is 0 Å². The maximum absolute atomic E-state index is 4.50. The maximum Gasteiger partial charge on any atom is 0.0163 e. The first-order chi connectivity index (χ1) is 19.7. The van der Waals surface area contributed by atoms with Crippen molar-refractivity contribution in [2.75, 3.05) is 0 Å². The molecule has 0 aliphatic rings. The molecule has 0 spiro atoms. The number of pyridine rings is 2. The SMILES string of the molecule is CC(C)c1ccnc(-c2[c-]ccc(-c3ccccc3)c2)c1.[Ir].[c-]1cc(Cc2ccccc2)ccc1-c1ccccn1. The van der Waals surface area contributed by atoms with Crippen LogP contribution in [0.1, 0.15) is 36.5 Å². The molecule has 2 aromatic heterocycles. The number of rotatable bonds is 6. The molecule has 1 radical (unpaired) electrons. The molecule has 3 heteroatoms. The van der Waals surface area contributed by atoms with Crippen molar-refractivity contribution in [2.45, 2.75) is 26.2 Å². The Bertz CT molecular complexity index is 1610. The molecule has 0 atom stereocenters. The predicted molar refractivity (Wildman–Crippen MR) is 166 cm³/mol. The van der Waals surface area contributed by atoms with Crippen molar-refractivity contribution in [3.63, 3.8) is 0 Å². The average molecular weight is 709 g/mol. The monoisotopic (exact) mass is 709 g/mol. The number of nitrogens with zero attached hydrogens (tertiary/aromatic N) is 2. The van der Waals surface area contributed by atoms with E-state index in [1.165, 1.54) is 27.8 Å². The van der Waals surface area contributed by atoms with Gasteiger partial charge in [-0.2, -0.15) is 0 Å². The Labute approximate surface area is 257 Å². The van der Waals surface area contributed by atoms with Gasteiger partial charge in [-0.3, -0.25) is 0 Å². The first-order valence-corrected chi connectivity index (χ1v) is 13.6. The smallest absolute Gasteiger partial charge is 0.0163 e. The Morgan fingerprint density at radius 2 is 1.32 bits per heavy atom. The predicted octanol–water partition coefficient (Wildman–Crippen LogP) is 9.48. The summed E-state index contributed by atoms with van der Waals surface area (Å²) in [5, 5.41) is 0. The van der Waals surface area contributed by atoms with Crippen molar-refractivity contribution < 1.29 is 20.1 Å². The average Bonchev–Trinajstić information content (AvgIpc) is 3.03. The summed E-state index contributed by atoms with van der Waals surface area (Å²) in [6, 6.07) is 50.1.